The predicted octanol–water partition coefficient (Wildman–Crippen LogP) is 5.08. The highest BCUT2D eigenvalue weighted by Crippen LogP contribution is 2.28. The molecule has 34 heavy (non-hydrogen) atoms. The topological polar surface area (TPSA) is 109 Å². The van der Waals surface area contributed by atoms with Crippen LogP contribution in [0.1, 0.15) is 28.8 Å². The third kappa shape index (κ3) is 4.28. The second-order valence-electron chi connectivity index (χ2n) is 8.20. The average Bonchev–Trinajstić information content (AvgIpc) is 3.27. The van der Waals surface area contributed by atoms with E-state index in [1.807, 2.05) is 67.0 Å². The summed E-state index contributed by atoms with van der Waals surface area (Å²) in [5.74, 6) is 1.43. The van der Waals surface area contributed by atoms with Gasteiger partial charge >= 0.3 is 0 Å². The van der Waals surface area contributed by atoms with Crippen LogP contribution >= 0.6 is 0 Å². The lowest BCUT2D eigenvalue weighted by Gasteiger charge is -2.12. The minimum absolute atomic E-state index is 0.434. The number of amides is 1. The number of rotatable bonds is 8. The van der Waals surface area contributed by atoms with Crippen molar-refractivity contribution in [3.63, 3.8) is 0 Å². The van der Waals surface area contributed by atoms with Crippen molar-refractivity contribution in [3.8, 4) is 11.5 Å². The van der Waals surface area contributed by atoms with Crippen molar-refractivity contribution in [2.45, 2.75) is 25.8 Å². The predicted molar refractivity (Wildman–Crippen MR) is 134 cm³/mol. The van der Waals surface area contributed by atoms with Crippen molar-refractivity contribution in [2.75, 3.05) is 5.73 Å². The number of pyridine rings is 1. The number of para-hydroxylation sites is 2. The molecule has 2 aromatic heterocycles. The third-order valence-electron chi connectivity index (χ3n) is 5.90. The number of fused-ring (bicyclic) bond motifs is 3. The normalized spacial score (nSPS) is 11.2. The molecule has 2 heterocycles. The number of aromatic nitrogens is 3. The number of nitrogens with two attached hydrogens (primary N) is 2. The van der Waals surface area contributed by atoms with E-state index in [1.165, 1.54) is 0 Å². The molecular formula is C27H25N5O2. The first-order valence-corrected chi connectivity index (χ1v) is 11.2. The van der Waals surface area contributed by atoms with Crippen LogP contribution in [0.25, 0.3) is 21.9 Å². The van der Waals surface area contributed by atoms with E-state index in [2.05, 4.69) is 14.5 Å². The summed E-state index contributed by atoms with van der Waals surface area (Å²) in [5, 5.41) is 1.03. The van der Waals surface area contributed by atoms with E-state index in [-0.39, 0.29) is 0 Å². The highest BCUT2D eigenvalue weighted by molar-refractivity contribution is 6.06. The zero-order valence-electron chi connectivity index (χ0n) is 18.6. The van der Waals surface area contributed by atoms with Crippen LogP contribution in [-0.2, 0) is 13.0 Å². The largest absolute Gasteiger partial charge is 0.457 e. The number of hydrogen-bond acceptors (Lipinski definition) is 5. The lowest BCUT2D eigenvalue weighted by molar-refractivity contribution is 0.0999. The van der Waals surface area contributed by atoms with Crippen molar-refractivity contribution in [3.05, 3.63) is 90.3 Å². The standard InChI is InChI=1S/C27H25N5O2/c28-26-24-25(22-11-4-5-12-23(22)31-26)32(17-30-24)15-7-6-8-18-16-20(13-14-21(18)27(29)33)34-19-9-2-1-3-10-19/h1-5,9-14,16-17H,6-8,15H2,(H2,28,31)(H2,29,33). The zero-order valence-corrected chi connectivity index (χ0v) is 18.6. The Morgan fingerprint density at radius 1 is 0.941 bits per heavy atom. The van der Waals surface area contributed by atoms with Crippen molar-refractivity contribution in [1.82, 2.24) is 14.5 Å². The first-order valence-electron chi connectivity index (χ1n) is 11.2. The Morgan fingerprint density at radius 2 is 1.74 bits per heavy atom. The molecule has 1 amide bonds. The van der Waals surface area contributed by atoms with Crippen LogP contribution < -0.4 is 16.2 Å². The van der Waals surface area contributed by atoms with Gasteiger partial charge in [-0.15, -0.1) is 0 Å². The Bertz CT molecular complexity index is 1480. The molecule has 7 heteroatoms. The fraction of sp³-hybridized carbons (Fsp3) is 0.148. The average molecular weight is 452 g/mol. The highest BCUT2D eigenvalue weighted by Gasteiger charge is 2.13. The van der Waals surface area contributed by atoms with Gasteiger partial charge in [0, 0.05) is 17.5 Å². The number of imidazole rings is 1. The second kappa shape index (κ2) is 9.23. The van der Waals surface area contributed by atoms with E-state index in [4.69, 9.17) is 16.2 Å². The molecule has 0 bridgehead atoms. The number of carbonyl (C=O) groups is 1. The van der Waals surface area contributed by atoms with E-state index < -0.39 is 5.91 Å². The Kier molecular flexibility index (Phi) is 5.82. The molecule has 7 nitrogen and oxygen atoms in total. The van der Waals surface area contributed by atoms with Gasteiger partial charge in [0.1, 0.15) is 17.0 Å². The molecule has 0 saturated carbocycles. The van der Waals surface area contributed by atoms with Crippen LogP contribution in [0.2, 0.25) is 0 Å². The van der Waals surface area contributed by atoms with Crippen molar-refractivity contribution < 1.29 is 9.53 Å². The summed E-state index contributed by atoms with van der Waals surface area (Å²) in [4.78, 5) is 20.9. The number of ether oxygens (including phenoxy) is 1. The van der Waals surface area contributed by atoms with Crippen LogP contribution in [0, 0.1) is 0 Å². The van der Waals surface area contributed by atoms with Gasteiger partial charge in [0.15, 0.2) is 5.82 Å². The molecule has 0 aliphatic heterocycles. The van der Waals surface area contributed by atoms with E-state index in [0.29, 0.717) is 23.6 Å². The number of unbranched alkanes of at least 4 members (excludes halogenated alkanes) is 1. The molecule has 0 aliphatic carbocycles. The smallest absolute Gasteiger partial charge is 0.248 e. The highest BCUT2D eigenvalue weighted by atomic mass is 16.5. The van der Waals surface area contributed by atoms with Gasteiger partial charge in [0.25, 0.3) is 0 Å². The maximum atomic E-state index is 12.0. The molecule has 0 saturated heterocycles. The van der Waals surface area contributed by atoms with Crippen LogP contribution in [0.4, 0.5) is 5.82 Å². The molecule has 0 atom stereocenters. The number of benzene rings is 3. The molecule has 0 unspecified atom stereocenters. The minimum Gasteiger partial charge on any atom is -0.457 e. The van der Waals surface area contributed by atoms with Gasteiger partial charge in [0.2, 0.25) is 5.91 Å². The molecular weight excluding hydrogens is 426 g/mol. The lowest BCUT2D eigenvalue weighted by atomic mass is 10.0. The van der Waals surface area contributed by atoms with Gasteiger partial charge in [-0.1, -0.05) is 36.4 Å². The van der Waals surface area contributed by atoms with Gasteiger partial charge in [-0.3, -0.25) is 4.79 Å². The summed E-state index contributed by atoms with van der Waals surface area (Å²) in [5.41, 5.74) is 15.7. The molecule has 0 spiro atoms. The number of nitrogens with zero attached hydrogens (tertiary/aromatic N) is 3. The van der Waals surface area contributed by atoms with Crippen LogP contribution in [-0.4, -0.2) is 20.4 Å². The third-order valence-corrected chi connectivity index (χ3v) is 5.90. The van der Waals surface area contributed by atoms with Gasteiger partial charge in [-0.2, -0.15) is 0 Å². The number of aryl methyl sites for hydroxylation is 2. The molecule has 0 fully saturated rings. The number of hydrogen-bond donors (Lipinski definition) is 2. The molecule has 5 aromatic rings. The second-order valence-corrected chi connectivity index (χ2v) is 8.20. The molecule has 4 N–H and O–H groups in total. The van der Waals surface area contributed by atoms with Gasteiger partial charge in [-0.25, -0.2) is 9.97 Å². The first-order chi connectivity index (χ1) is 16.6. The minimum atomic E-state index is -0.434. The number of carbonyl (C=O) groups excluding carboxylic acids is 1. The zero-order chi connectivity index (χ0) is 23.5. The quantitative estimate of drug-likeness (QED) is 0.320. The summed E-state index contributed by atoms with van der Waals surface area (Å²) < 4.78 is 8.06. The molecule has 5 rings (SSSR count). The van der Waals surface area contributed by atoms with Gasteiger partial charge < -0.3 is 20.8 Å². The van der Waals surface area contributed by atoms with E-state index >= 15 is 0 Å². The first kappa shape index (κ1) is 21.5. The maximum Gasteiger partial charge on any atom is 0.248 e. The SMILES string of the molecule is NC(=O)c1ccc(Oc2ccccc2)cc1CCCCn1cnc2c(N)nc3ccccc3c21. The lowest BCUT2D eigenvalue weighted by Crippen LogP contribution is -2.14. The summed E-state index contributed by atoms with van der Waals surface area (Å²) in [6, 6.07) is 22.9. The summed E-state index contributed by atoms with van der Waals surface area (Å²) in [7, 11) is 0. The van der Waals surface area contributed by atoms with Gasteiger partial charge in [0.05, 0.1) is 17.4 Å². The van der Waals surface area contributed by atoms with Crippen molar-refractivity contribution in [1.29, 1.82) is 0 Å². The Balaban J connectivity index is 1.32. The fourth-order valence-electron chi connectivity index (χ4n) is 4.28. The van der Waals surface area contributed by atoms with Crippen LogP contribution in [0.15, 0.2) is 79.1 Å². The number of nitrogen functional groups attached to an aromatic ring is 1. The Labute approximate surface area is 197 Å². The van der Waals surface area contributed by atoms with Crippen LogP contribution in [0.5, 0.6) is 11.5 Å². The monoisotopic (exact) mass is 451 g/mol. The summed E-state index contributed by atoms with van der Waals surface area (Å²) in [6.45, 7) is 0.774. The Morgan fingerprint density at radius 3 is 2.56 bits per heavy atom. The molecule has 0 aliphatic rings. The van der Waals surface area contributed by atoms with E-state index in [9.17, 15) is 4.79 Å². The summed E-state index contributed by atoms with van der Waals surface area (Å²) >= 11 is 0. The van der Waals surface area contributed by atoms with Crippen molar-refractivity contribution >= 4 is 33.7 Å². The maximum absolute atomic E-state index is 12.0. The molecule has 3 aromatic carbocycles. The van der Waals surface area contributed by atoms with E-state index in [1.54, 1.807) is 12.1 Å². The molecule has 0 radical (unpaired) electrons. The number of anilines is 1. The summed E-state index contributed by atoms with van der Waals surface area (Å²) in [6.07, 6.45) is 4.29. The Hall–Kier alpha value is -4.39. The van der Waals surface area contributed by atoms with Crippen LogP contribution in [0.3, 0.4) is 0 Å². The van der Waals surface area contributed by atoms with E-state index in [0.717, 1.165) is 52.6 Å². The fourth-order valence-corrected chi connectivity index (χ4v) is 4.28. The van der Waals surface area contributed by atoms with Crippen molar-refractivity contribution in [2.24, 2.45) is 5.73 Å². The molecule has 170 valence electrons. The van der Waals surface area contributed by atoms with Gasteiger partial charge in [-0.05, 0) is 61.2 Å². The number of primary amides is 1.